The van der Waals surface area contributed by atoms with Crippen LogP contribution in [0.5, 0.6) is 0 Å². The molecule has 118 valence electrons. The van der Waals surface area contributed by atoms with Gasteiger partial charge in [0, 0.05) is 11.1 Å². The second-order valence-corrected chi connectivity index (χ2v) is 7.10. The average Bonchev–Trinajstić information content (AvgIpc) is 2.60. The van der Waals surface area contributed by atoms with Crippen LogP contribution in [0.4, 0.5) is 11.4 Å². The zero-order chi connectivity index (χ0) is 16.6. The first-order chi connectivity index (χ1) is 11.6. The normalized spacial score (nSPS) is 15.1. The summed E-state index contributed by atoms with van der Waals surface area (Å²) in [5, 5.41) is 0. The van der Waals surface area contributed by atoms with E-state index in [1.807, 2.05) is 42.5 Å². The van der Waals surface area contributed by atoms with E-state index in [9.17, 15) is 8.42 Å². The van der Waals surface area contributed by atoms with Gasteiger partial charge in [-0.05, 0) is 18.2 Å². The number of anilines is 1. The third-order valence-electron chi connectivity index (χ3n) is 3.86. The number of nitrogens with zero attached hydrogens (tertiary/aromatic N) is 1. The van der Waals surface area contributed by atoms with Gasteiger partial charge in [-0.25, -0.2) is 13.4 Å². The maximum atomic E-state index is 12.8. The number of rotatable bonds is 1. The third-order valence-corrected chi connectivity index (χ3v) is 5.28. The minimum Gasteiger partial charge on any atom is -0.277 e. The number of benzene rings is 3. The molecule has 4 rings (SSSR count). The highest BCUT2D eigenvalue weighted by atomic mass is 32.2. The summed E-state index contributed by atoms with van der Waals surface area (Å²) in [7, 11) is -3.69. The molecule has 24 heavy (non-hydrogen) atoms. The molecule has 5 heteroatoms. The number of sulfonamides is 1. The smallest absolute Gasteiger partial charge is 0.262 e. The van der Waals surface area contributed by atoms with Gasteiger partial charge >= 0.3 is 0 Å². The SMILES string of the molecule is O=S1(=O)Nc2ccccc2N=C(c2ccccc2)c2ccccc21. The lowest BCUT2D eigenvalue weighted by atomic mass is 10.0. The van der Waals surface area contributed by atoms with Crippen LogP contribution in [0, 0.1) is 0 Å². The summed E-state index contributed by atoms with van der Waals surface area (Å²) in [6.07, 6.45) is 0. The zero-order valence-electron chi connectivity index (χ0n) is 12.7. The first-order valence-electron chi connectivity index (χ1n) is 7.50. The van der Waals surface area contributed by atoms with Gasteiger partial charge in [-0.1, -0.05) is 60.7 Å². The quantitative estimate of drug-likeness (QED) is 0.732. The Morgan fingerprint density at radius 3 is 2.25 bits per heavy atom. The highest BCUT2D eigenvalue weighted by molar-refractivity contribution is 7.92. The van der Waals surface area contributed by atoms with Crippen molar-refractivity contribution in [2.75, 3.05) is 4.72 Å². The number of para-hydroxylation sites is 2. The minimum atomic E-state index is -3.69. The zero-order valence-corrected chi connectivity index (χ0v) is 13.5. The van der Waals surface area contributed by atoms with Gasteiger partial charge in [0.2, 0.25) is 0 Å². The standard InChI is InChI=1S/C19H14N2O2S/c22-24(23)18-13-7-4-10-15(18)19(14-8-2-1-3-9-14)20-16-11-5-6-12-17(16)21-24/h1-13,21H. The first-order valence-corrected chi connectivity index (χ1v) is 8.99. The molecule has 1 heterocycles. The second kappa shape index (κ2) is 5.62. The van der Waals surface area contributed by atoms with Crippen molar-refractivity contribution in [1.82, 2.24) is 0 Å². The summed E-state index contributed by atoms with van der Waals surface area (Å²) in [5.74, 6) is 0. The molecule has 3 aromatic rings. The summed E-state index contributed by atoms with van der Waals surface area (Å²) in [6.45, 7) is 0. The van der Waals surface area contributed by atoms with E-state index >= 15 is 0 Å². The molecule has 4 nitrogen and oxygen atoms in total. The Balaban J connectivity index is 2.09. The van der Waals surface area contributed by atoms with Crippen LogP contribution >= 0.6 is 0 Å². The van der Waals surface area contributed by atoms with Crippen LogP contribution in [0.3, 0.4) is 0 Å². The van der Waals surface area contributed by atoms with Crippen molar-refractivity contribution in [3.8, 4) is 0 Å². The molecular weight excluding hydrogens is 320 g/mol. The minimum absolute atomic E-state index is 0.224. The van der Waals surface area contributed by atoms with Gasteiger partial charge in [0.25, 0.3) is 10.0 Å². The van der Waals surface area contributed by atoms with Crippen LogP contribution in [0.2, 0.25) is 0 Å². The van der Waals surface area contributed by atoms with Crippen molar-refractivity contribution < 1.29 is 8.42 Å². The molecule has 1 aliphatic heterocycles. The first kappa shape index (κ1) is 14.7. The molecule has 0 bridgehead atoms. The van der Waals surface area contributed by atoms with E-state index in [1.165, 1.54) is 0 Å². The molecule has 0 amide bonds. The summed E-state index contributed by atoms with van der Waals surface area (Å²) in [4.78, 5) is 4.99. The predicted molar refractivity (Wildman–Crippen MR) is 95.4 cm³/mol. The fourth-order valence-electron chi connectivity index (χ4n) is 2.75. The van der Waals surface area contributed by atoms with Crippen molar-refractivity contribution in [3.63, 3.8) is 0 Å². The molecule has 0 fully saturated rings. The van der Waals surface area contributed by atoms with Crippen LogP contribution in [0.1, 0.15) is 11.1 Å². The summed E-state index contributed by atoms with van der Waals surface area (Å²) in [5.41, 5.74) is 3.17. The fraction of sp³-hybridized carbons (Fsp3) is 0. The molecule has 0 aliphatic carbocycles. The van der Waals surface area contributed by atoms with Crippen LogP contribution in [-0.4, -0.2) is 14.1 Å². The summed E-state index contributed by atoms with van der Waals surface area (Å²) < 4.78 is 28.3. The fourth-order valence-corrected chi connectivity index (χ4v) is 4.03. The van der Waals surface area contributed by atoms with Crippen molar-refractivity contribution >= 4 is 27.1 Å². The Kier molecular flexibility index (Phi) is 3.43. The van der Waals surface area contributed by atoms with Gasteiger partial charge in [0.1, 0.15) is 0 Å². The predicted octanol–water partition coefficient (Wildman–Crippen LogP) is 3.97. The van der Waals surface area contributed by atoms with Crippen LogP contribution in [-0.2, 0) is 10.0 Å². The lowest BCUT2D eigenvalue weighted by Crippen LogP contribution is -2.19. The Morgan fingerprint density at radius 1 is 0.750 bits per heavy atom. The Bertz CT molecular complexity index is 1040. The van der Waals surface area contributed by atoms with E-state index < -0.39 is 10.0 Å². The topological polar surface area (TPSA) is 58.5 Å². The number of nitrogens with one attached hydrogen (secondary N) is 1. The summed E-state index contributed by atoms with van der Waals surface area (Å²) in [6, 6.07) is 23.7. The van der Waals surface area contributed by atoms with Crippen molar-refractivity contribution in [2.45, 2.75) is 4.90 Å². The van der Waals surface area contributed by atoms with E-state index in [2.05, 4.69) is 4.72 Å². The maximum Gasteiger partial charge on any atom is 0.262 e. The molecule has 3 aromatic carbocycles. The van der Waals surface area contributed by atoms with Crippen molar-refractivity contribution in [1.29, 1.82) is 0 Å². The van der Waals surface area contributed by atoms with Gasteiger partial charge in [-0.3, -0.25) is 4.72 Å². The van der Waals surface area contributed by atoms with Gasteiger partial charge in [0.15, 0.2) is 0 Å². The van der Waals surface area contributed by atoms with Gasteiger partial charge in [-0.15, -0.1) is 0 Å². The summed E-state index contributed by atoms with van der Waals surface area (Å²) >= 11 is 0. The molecular formula is C19H14N2O2S. The second-order valence-electron chi connectivity index (χ2n) is 5.45. The number of fused-ring (bicyclic) bond motifs is 2. The molecule has 1 N–H and O–H groups in total. The van der Waals surface area contributed by atoms with Gasteiger partial charge < -0.3 is 0 Å². The largest absolute Gasteiger partial charge is 0.277 e. The molecule has 0 spiro atoms. The van der Waals surface area contributed by atoms with Crippen LogP contribution < -0.4 is 4.72 Å². The monoisotopic (exact) mass is 334 g/mol. The molecule has 0 saturated heterocycles. The van der Waals surface area contributed by atoms with Crippen molar-refractivity contribution in [2.24, 2.45) is 4.99 Å². The molecule has 1 aliphatic rings. The van der Waals surface area contributed by atoms with Crippen LogP contribution in [0.15, 0.2) is 88.8 Å². The Morgan fingerprint density at radius 2 is 1.42 bits per heavy atom. The lowest BCUT2D eigenvalue weighted by Gasteiger charge is -2.19. The Labute approximate surface area is 140 Å². The molecule has 0 saturated carbocycles. The van der Waals surface area contributed by atoms with E-state index in [-0.39, 0.29) is 4.90 Å². The highest BCUT2D eigenvalue weighted by Crippen LogP contribution is 2.33. The lowest BCUT2D eigenvalue weighted by molar-refractivity contribution is 0.601. The number of hydrogen-bond acceptors (Lipinski definition) is 3. The van der Waals surface area contributed by atoms with Gasteiger partial charge in [0.05, 0.1) is 22.0 Å². The van der Waals surface area contributed by atoms with E-state index in [4.69, 9.17) is 4.99 Å². The molecule has 0 unspecified atom stereocenters. The average molecular weight is 334 g/mol. The van der Waals surface area contributed by atoms with E-state index in [1.54, 1.807) is 36.4 Å². The molecule has 0 radical (unpaired) electrons. The molecule has 0 aromatic heterocycles. The van der Waals surface area contributed by atoms with E-state index in [0.717, 1.165) is 5.56 Å². The van der Waals surface area contributed by atoms with Crippen LogP contribution in [0.25, 0.3) is 0 Å². The number of hydrogen-bond donors (Lipinski definition) is 1. The molecule has 0 atom stereocenters. The highest BCUT2D eigenvalue weighted by Gasteiger charge is 2.25. The van der Waals surface area contributed by atoms with E-state index in [0.29, 0.717) is 22.6 Å². The third kappa shape index (κ3) is 2.49. The van der Waals surface area contributed by atoms with Gasteiger partial charge in [-0.2, -0.15) is 0 Å². The Hall–Kier alpha value is -2.92. The van der Waals surface area contributed by atoms with Crippen molar-refractivity contribution in [3.05, 3.63) is 90.0 Å². The maximum absolute atomic E-state index is 12.8. The number of aliphatic imine (C=N–C) groups is 1.